The molecule has 3 heteroatoms. The Bertz CT molecular complexity index is 1450. The Kier molecular flexibility index (Phi) is 5.05. The van der Waals surface area contributed by atoms with E-state index in [1.54, 1.807) is 6.07 Å². The molecule has 160 valence electrons. The first-order valence-corrected chi connectivity index (χ1v) is 11.1. The number of benzene rings is 3. The van der Waals surface area contributed by atoms with Gasteiger partial charge in [-0.05, 0) is 48.1 Å². The third-order valence-electron chi connectivity index (χ3n) is 6.14. The first kappa shape index (κ1) is 20.4. The number of furan rings is 1. The van der Waals surface area contributed by atoms with Crippen LogP contribution in [0.1, 0.15) is 25.0 Å². The maximum absolute atomic E-state index is 15.0. The van der Waals surface area contributed by atoms with E-state index >= 15 is 4.39 Å². The lowest BCUT2D eigenvalue weighted by atomic mass is 9.97. The van der Waals surface area contributed by atoms with Crippen LogP contribution >= 0.6 is 0 Å². The Labute approximate surface area is 187 Å². The first-order valence-electron chi connectivity index (χ1n) is 11.1. The summed E-state index contributed by atoms with van der Waals surface area (Å²) in [5, 5.41) is 1.94. The van der Waals surface area contributed by atoms with E-state index in [1.165, 1.54) is 5.56 Å². The lowest BCUT2D eigenvalue weighted by Crippen LogP contribution is -2.31. The number of hydrogen-bond donors (Lipinski definition) is 0. The SMILES string of the molecule is Cc1ccc2c(oc3c(-c4ccccc4)c(F)ccc32)c1-c1cc(CC(C)C)cc[n+]1C. The number of pyridine rings is 1. The van der Waals surface area contributed by atoms with Gasteiger partial charge >= 0.3 is 0 Å². The summed E-state index contributed by atoms with van der Waals surface area (Å²) < 4.78 is 23.7. The molecule has 0 radical (unpaired) electrons. The Morgan fingerprint density at radius 3 is 2.28 bits per heavy atom. The molecule has 0 aliphatic heterocycles. The molecule has 0 atom stereocenters. The zero-order chi connectivity index (χ0) is 22.4. The topological polar surface area (TPSA) is 17.0 Å². The van der Waals surface area contributed by atoms with Crippen molar-refractivity contribution in [2.75, 3.05) is 0 Å². The van der Waals surface area contributed by atoms with Gasteiger partial charge in [0.2, 0.25) is 5.69 Å². The maximum Gasteiger partial charge on any atom is 0.216 e. The largest absolute Gasteiger partial charge is 0.454 e. The molecule has 5 rings (SSSR count). The van der Waals surface area contributed by atoms with E-state index in [-0.39, 0.29) is 5.82 Å². The van der Waals surface area contributed by atoms with E-state index in [2.05, 4.69) is 62.8 Å². The summed E-state index contributed by atoms with van der Waals surface area (Å²) in [7, 11) is 2.06. The van der Waals surface area contributed by atoms with Crippen molar-refractivity contribution in [2.24, 2.45) is 13.0 Å². The third-order valence-corrected chi connectivity index (χ3v) is 6.14. The van der Waals surface area contributed by atoms with Crippen LogP contribution in [0.5, 0.6) is 0 Å². The number of aryl methyl sites for hydroxylation is 2. The van der Waals surface area contributed by atoms with Gasteiger partial charge in [0.25, 0.3) is 0 Å². The number of aromatic nitrogens is 1. The second kappa shape index (κ2) is 7.90. The van der Waals surface area contributed by atoms with Gasteiger partial charge in [0.1, 0.15) is 24.0 Å². The number of halogens is 1. The molecular formula is C29H27FNO+. The maximum atomic E-state index is 15.0. The third kappa shape index (κ3) is 3.38. The van der Waals surface area contributed by atoms with Gasteiger partial charge in [-0.1, -0.05) is 56.3 Å². The summed E-state index contributed by atoms with van der Waals surface area (Å²) in [6, 6.07) is 21.7. The second-order valence-electron chi connectivity index (χ2n) is 9.03. The van der Waals surface area contributed by atoms with Crippen LogP contribution in [0.15, 0.2) is 77.3 Å². The minimum atomic E-state index is -0.273. The lowest BCUT2D eigenvalue weighted by molar-refractivity contribution is -0.660. The highest BCUT2D eigenvalue weighted by Crippen LogP contribution is 2.41. The van der Waals surface area contributed by atoms with Crippen molar-refractivity contribution in [1.29, 1.82) is 0 Å². The predicted octanol–water partition coefficient (Wildman–Crippen LogP) is 7.39. The molecular weight excluding hydrogens is 397 g/mol. The molecule has 3 aromatic carbocycles. The van der Waals surface area contributed by atoms with Gasteiger partial charge in [-0.2, -0.15) is 0 Å². The number of rotatable bonds is 4. The number of fused-ring (bicyclic) bond motifs is 3. The van der Waals surface area contributed by atoms with E-state index in [9.17, 15) is 0 Å². The highest BCUT2D eigenvalue weighted by atomic mass is 19.1. The monoisotopic (exact) mass is 424 g/mol. The van der Waals surface area contributed by atoms with Crippen LogP contribution in [-0.2, 0) is 13.5 Å². The molecule has 0 N–H and O–H groups in total. The van der Waals surface area contributed by atoms with Crippen LogP contribution in [0.4, 0.5) is 4.39 Å². The fourth-order valence-corrected chi connectivity index (χ4v) is 4.63. The minimum absolute atomic E-state index is 0.273. The van der Waals surface area contributed by atoms with Crippen LogP contribution in [0.3, 0.4) is 0 Å². The molecule has 5 aromatic rings. The van der Waals surface area contributed by atoms with Gasteiger partial charge < -0.3 is 4.42 Å². The van der Waals surface area contributed by atoms with Gasteiger partial charge in [0.15, 0.2) is 6.20 Å². The van der Waals surface area contributed by atoms with E-state index < -0.39 is 0 Å². The van der Waals surface area contributed by atoms with Gasteiger partial charge in [-0.25, -0.2) is 8.96 Å². The average molecular weight is 425 g/mol. The van der Waals surface area contributed by atoms with E-state index in [4.69, 9.17) is 4.42 Å². The Balaban J connectivity index is 1.83. The summed E-state index contributed by atoms with van der Waals surface area (Å²) >= 11 is 0. The molecule has 0 spiro atoms. The van der Waals surface area contributed by atoms with Gasteiger partial charge in [-0.15, -0.1) is 0 Å². The van der Waals surface area contributed by atoms with Gasteiger partial charge in [0.05, 0.1) is 11.1 Å². The summed E-state index contributed by atoms with van der Waals surface area (Å²) in [5.74, 6) is 0.306. The molecule has 2 heterocycles. The minimum Gasteiger partial charge on any atom is -0.454 e. The van der Waals surface area contributed by atoms with Crippen LogP contribution in [0.2, 0.25) is 0 Å². The van der Waals surface area contributed by atoms with Crippen molar-refractivity contribution in [1.82, 2.24) is 0 Å². The van der Waals surface area contributed by atoms with Crippen molar-refractivity contribution in [2.45, 2.75) is 27.2 Å². The van der Waals surface area contributed by atoms with E-state index in [0.717, 1.165) is 45.2 Å². The number of hydrogen-bond acceptors (Lipinski definition) is 1. The van der Waals surface area contributed by atoms with Crippen molar-refractivity contribution in [3.05, 3.63) is 89.9 Å². The zero-order valence-corrected chi connectivity index (χ0v) is 18.9. The van der Waals surface area contributed by atoms with Crippen molar-refractivity contribution in [3.63, 3.8) is 0 Å². The second-order valence-corrected chi connectivity index (χ2v) is 9.03. The van der Waals surface area contributed by atoms with Crippen LogP contribution in [-0.4, -0.2) is 0 Å². The summed E-state index contributed by atoms with van der Waals surface area (Å²) in [5.41, 5.74) is 7.34. The van der Waals surface area contributed by atoms with Crippen molar-refractivity contribution in [3.8, 4) is 22.4 Å². The average Bonchev–Trinajstić information content (AvgIpc) is 3.14. The summed E-state index contributed by atoms with van der Waals surface area (Å²) in [6.45, 7) is 6.57. The normalized spacial score (nSPS) is 11.7. The molecule has 2 nitrogen and oxygen atoms in total. The standard InChI is InChI=1S/C29H27FNO/c1-18(2)16-20-14-15-31(4)25(17-20)26-19(3)10-11-22-23-12-13-24(30)27(29(23)32-28(22)26)21-8-6-5-7-9-21/h5-15,17-18H,16H2,1-4H3/q+1. The van der Waals surface area contributed by atoms with Gasteiger partial charge in [0, 0.05) is 22.9 Å². The highest BCUT2D eigenvalue weighted by Gasteiger charge is 2.23. The molecule has 0 aliphatic rings. The highest BCUT2D eigenvalue weighted by molar-refractivity contribution is 6.13. The van der Waals surface area contributed by atoms with Crippen molar-refractivity contribution >= 4 is 21.9 Å². The molecule has 0 bridgehead atoms. The zero-order valence-electron chi connectivity index (χ0n) is 18.9. The first-order chi connectivity index (χ1) is 15.4. The predicted molar refractivity (Wildman–Crippen MR) is 129 cm³/mol. The lowest BCUT2D eigenvalue weighted by Gasteiger charge is -2.09. The van der Waals surface area contributed by atoms with E-state index in [1.807, 2.05) is 36.4 Å². The molecule has 0 saturated carbocycles. The molecule has 2 aromatic heterocycles. The molecule has 0 unspecified atom stereocenters. The molecule has 0 aliphatic carbocycles. The molecule has 32 heavy (non-hydrogen) atoms. The fourth-order valence-electron chi connectivity index (χ4n) is 4.63. The Morgan fingerprint density at radius 1 is 0.875 bits per heavy atom. The molecule has 0 fully saturated rings. The van der Waals surface area contributed by atoms with Crippen molar-refractivity contribution < 1.29 is 13.4 Å². The Hall–Kier alpha value is -3.46. The summed E-state index contributed by atoms with van der Waals surface area (Å²) in [4.78, 5) is 0. The Morgan fingerprint density at radius 2 is 1.56 bits per heavy atom. The smallest absolute Gasteiger partial charge is 0.216 e. The summed E-state index contributed by atoms with van der Waals surface area (Å²) in [6.07, 6.45) is 3.13. The quantitative estimate of drug-likeness (QED) is 0.275. The number of nitrogens with zero attached hydrogens (tertiary/aromatic N) is 1. The van der Waals surface area contributed by atoms with Gasteiger partial charge in [-0.3, -0.25) is 0 Å². The van der Waals surface area contributed by atoms with Crippen LogP contribution in [0.25, 0.3) is 44.3 Å². The van der Waals surface area contributed by atoms with E-state index in [0.29, 0.717) is 17.1 Å². The fraction of sp³-hybridized carbons (Fsp3) is 0.207. The molecule has 0 saturated heterocycles. The van der Waals surface area contributed by atoms with Crippen LogP contribution < -0.4 is 4.57 Å². The molecule has 0 amide bonds. The van der Waals surface area contributed by atoms with Crippen LogP contribution in [0, 0.1) is 18.7 Å².